The average molecular weight is 187 g/mol. The Morgan fingerprint density at radius 1 is 1.43 bits per heavy atom. The van der Waals surface area contributed by atoms with Crippen LogP contribution in [0.4, 0.5) is 0 Å². The van der Waals surface area contributed by atoms with Crippen LogP contribution in [0.3, 0.4) is 0 Å². The molecule has 0 aromatic carbocycles. The summed E-state index contributed by atoms with van der Waals surface area (Å²) >= 11 is 0. The highest BCUT2D eigenvalue weighted by atomic mass is 16.1. The first-order valence-electron chi connectivity index (χ1n) is 4.96. The van der Waals surface area contributed by atoms with Gasteiger partial charge >= 0.3 is 0 Å². The van der Waals surface area contributed by atoms with Crippen molar-refractivity contribution in [3.8, 4) is 0 Å². The molecule has 2 nitrogen and oxygen atoms in total. The molecule has 0 fully saturated rings. The normalized spacial score (nSPS) is 21.4. The zero-order chi connectivity index (χ0) is 9.80. The topological polar surface area (TPSA) is 30.0 Å². The minimum Gasteiger partial charge on any atom is -0.303 e. The van der Waals surface area contributed by atoms with Crippen LogP contribution >= 0.6 is 0 Å². The number of pyridine rings is 1. The Bertz CT molecular complexity index is 343. The van der Waals surface area contributed by atoms with Gasteiger partial charge in [0.1, 0.15) is 6.29 Å². The number of carbonyl (C=O) groups is 1. The first-order chi connectivity index (χ1) is 6.90. The highest BCUT2D eigenvalue weighted by Crippen LogP contribution is 2.27. The van der Waals surface area contributed by atoms with Gasteiger partial charge in [-0.2, -0.15) is 0 Å². The minimum absolute atomic E-state index is 0.225. The maximum atomic E-state index is 10.6. The van der Waals surface area contributed by atoms with E-state index in [4.69, 9.17) is 0 Å². The number of nitrogens with zero attached hydrogens (tertiary/aromatic N) is 1. The smallest absolute Gasteiger partial charge is 0.123 e. The minimum atomic E-state index is 0.225. The highest BCUT2D eigenvalue weighted by molar-refractivity contribution is 5.66. The SMILES string of the molecule is O=CC1CC=C(c2ccccn2)CC1. The van der Waals surface area contributed by atoms with Crippen molar-refractivity contribution in [3.05, 3.63) is 36.2 Å². The number of allylic oxidation sites excluding steroid dienone is 2. The van der Waals surface area contributed by atoms with Gasteiger partial charge in [0.2, 0.25) is 0 Å². The molecule has 0 N–H and O–H groups in total. The van der Waals surface area contributed by atoms with E-state index < -0.39 is 0 Å². The van der Waals surface area contributed by atoms with Crippen LogP contribution in [0.1, 0.15) is 25.0 Å². The van der Waals surface area contributed by atoms with Crippen LogP contribution in [0.5, 0.6) is 0 Å². The van der Waals surface area contributed by atoms with Gasteiger partial charge in [-0.1, -0.05) is 12.1 Å². The van der Waals surface area contributed by atoms with E-state index in [2.05, 4.69) is 11.1 Å². The predicted molar refractivity (Wildman–Crippen MR) is 55.6 cm³/mol. The van der Waals surface area contributed by atoms with Gasteiger partial charge in [-0.15, -0.1) is 0 Å². The number of hydrogen-bond acceptors (Lipinski definition) is 2. The molecule has 0 radical (unpaired) electrons. The Balaban J connectivity index is 2.14. The molecule has 1 aromatic heterocycles. The van der Waals surface area contributed by atoms with Crippen molar-refractivity contribution in [2.75, 3.05) is 0 Å². The molecule has 1 aliphatic rings. The summed E-state index contributed by atoms with van der Waals surface area (Å²) in [6.07, 6.45) is 7.82. The molecule has 0 bridgehead atoms. The van der Waals surface area contributed by atoms with Crippen LogP contribution in [-0.2, 0) is 4.79 Å². The quantitative estimate of drug-likeness (QED) is 0.666. The Morgan fingerprint density at radius 2 is 2.36 bits per heavy atom. The van der Waals surface area contributed by atoms with E-state index in [0.717, 1.165) is 31.2 Å². The molecular formula is C12H13NO. The van der Waals surface area contributed by atoms with E-state index in [1.807, 2.05) is 24.4 Å². The van der Waals surface area contributed by atoms with Crippen molar-refractivity contribution in [3.63, 3.8) is 0 Å². The number of aromatic nitrogens is 1. The van der Waals surface area contributed by atoms with Crippen molar-refractivity contribution in [1.82, 2.24) is 4.98 Å². The molecule has 2 heteroatoms. The van der Waals surface area contributed by atoms with E-state index >= 15 is 0 Å². The summed E-state index contributed by atoms with van der Waals surface area (Å²) in [5.74, 6) is 0.225. The molecule has 0 aliphatic heterocycles. The zero-order valence-electron chi connectivity index (χ0n) is 8.02. The lowest BCUT2D eigenvalue weighted by Crippen LogP contribution is -2.06. The summed E-state index contributed by atoms with van der Waals surface area (Å²) in [5.41, 5.74) is 2.33. The Kier molecular flexibility index (Phi) is 2.73. The molecule has 0 saturated carbocycles. The second-order valence-corrected chi connectivity index (χ2v) is 3.61. The van der Waals surface area contributed by atoms with Gasteiger partial charge in [0.25, 0.3) is 0 Å². The van der Waals surface area contributed by atoms with Crippen molar-refractivity contribution in [2.45, 2.75) is 19.3 Å². The monoisotopic (exact) mass is 187 g/mol. The summed E-state index contributed by atoms with van der Waals surface area (Å²) < 4.78 is 0. The fourth-order valence-electron chi connectivity index (χ4n) is 1.76. The molecule has 72 valence electrons. The Labute approximate surface area is 83.7 Å². The van der Waals surface area contributed by atoms with E-state index in [0.29, 0.717) is 0 Å². The largest absolute Gasteiger partial charge is 0.303 e. The molecule has 14 heavy (non-hydrogen) atoms. The molecule has 1 atom stereocenters. The van der Waals surface area contributed by atoms with Crippen LogP contribution in [-0.4, -0.2) is 11.3 Å². The molecule has 0 amide bonds. The maximum absolute atomic E-state index is 10.6. The first kappa shape index (κ1) is 9.13. The molecule has 0 spiro atoms. The zero-order valence-corrected chi connectivity index (χ0v) is 8.02. The standard InChI is InChI=1S/C12H13NO/c14-9-10-4-6-11(7-5-10)12-3-1-2-8-13-12/h1-3,6,8-10H,4-5,7H2. The number of hydrogen-bond donors (Lipinski definition) is 0. The predicted octanol–water partition coefficient (Wildman–Crippen LogP) is 2.46. The number of carbonyl (C=O) groups excluding carboxylic acids is 1. The van der Waals surface area contributed by atoms with Crippen LogP contribution in [0.25, 0.3) is 5.57 Å². The van der Waals surface area contributed by atoms with Crippen molar-refractivity contribution >= 4 is 11.9 Å². The van der Waals surface area contributed by atoms with Crippen molar-refractivity contribution in [2.24, 2.45) is 5.92 Å². The molecule has 2 rings (SSSR count). The second-order valence-electron chi connectivity index (χ2n) is 3.61. The second kappa shape index (κ2) is 4.18. The van der Waals surface area contributed by atoms with Gasteiger partial charge < -0.3 is 4.79 Å². The Morgan fingerprint density at radius 3 is 2.93 bits per heavy atom. The van der Waals surface area contributed by atoms with Gasteiger partial charge in [0.05, 0.1) is 5.69 Å². The van der Waals surface area contributed by atoms with Crippen LogP contribution in [0.15, 0.2) is 30.5 Å². The van der Waals surface area contributed by atoms with E-state index in [1.165, 1.54) is 5.57 Å². The molecule has 1 heterocycles. The fourth-order valence-corrected chi connectivity index (χ4v) is 1.76. The van der Waals surface area contributed by atoms with Gasteiger partial charge in [-0.05, 0) is 37.0 Å². The third-order valence-electron chi connectivity index (χ3n) is 2.64. The fraction of sp³-hybridized carbons (Fsp3) is 0.333. The summed E-state index contributed by atoms with van der Waals surface area (Å²) in [6, 6.07) is 5.93. The van der Waals surface area contributed by atoms with Crippen LogP contribution < -0.4 is 0 Å². The van der Waals surface area contributed by atoms with Crippen LogP contribution in [0, 0.1) is 5.92 Å². The summed E-state index contributed by atoms with van der Waals surface area (Å²) in [6.45, 7) is 0. The van der Waals surface area contributed by atoms with Gasteiger partial charge in [-0.3, -0.25) is 4.98 Å². The van der Waals surface area contributed by atoms with E-state index in [9.17, 15) is 4.79 Å². The van der Waals surface area contributed by atoms with Crippen molar-refractivity contribution in [1.29, 1.82) is 0 Å². The lowest BCUT2D eigenvalue weighted by atomic mass is 9.89. The molecule has 1 unspecified atom stereocenters. The first-order valence-corrected chi connectivity index (χ1v) is 4.96. The van der Waals surface area contributed by atoms with Gasteiger partial charge in [-0.25, -0.2) is 0 Å². The average Bonchev–Trinajstić information content (AvgIpc) is 2.30. The van der Waals surface area contributed by atoms with E-state index in [-0.39, 0.29) is 5.92 Å². The Hall–Kier alpha value is -1.44. The number of rotatable bonds is 2. The molecular weight excluding hydrogens is 174 g/mol. The molecule has 0 saturated heterocycles. The maximum Gasteiger partial charge on any atom is 0.123 e. The highest BCUT2D eigenvalue weighted by Gasteiger charge is 2.14. The van der Waals surface area contributed by atoms with Crippen molar-refractivity contribution < 1.29 is 4.79 Å². The molecule has 1 aliphatic carbocycles. The number of aldehydes is 1. The summed E-state index contributed by atoms with van der Waals surface area (Å²) in [7, 11) is 0. The van der Waals surface area contributed by atoms with Gasteiger partial charge in [0.15, 0.2) is 0 Å². The lowest BCUT2D eigenvalue weighted by molar-refractivity contribution is -0.111. The van der Waals surface area contributed by atoms with E-state index in [1.54, 1.807) is 0 Å². The summed E-state index contributed by atoms with van der Waals surface area (Å²) in [5, 5.41) is 0. The van der Waals surface area contributed by atoms with Crippen LogP contribution in [0.2, 0.25) is 0 Å². The van der Waals surface area contributed by atoms with Gasteiger partial charge in [0, 0.05) is 12.1 Å². The summed E-state index contributed by atoms with van der Waals surface area (Å²) in [4.78, 5) is 14.9. The molecule has 1 aromatic rings. The lowest BCUT2D eigenvalue weighted by Gasteiger charge is -2.16. The third-order valence-corrected chi connectivity index (χ3v) is 2.64. The third kappa shape index (κ3) is 1.90.